The number of fused-ring (bicyclic) bond motifs is 2. The topological polar surface area (TPSA) is 125 Å². The number of carboxylic acid groups (broad SMARTS) is 2. The van der Waals surface area contributed by atoms with E-state index in [0.717, 1.165) is 23.6 Å². The number of pyridine rings is 1. The van der Waals surface area contributed by atoms with Gasteiger partial charge in [0.15, 0.2) is 11.6 Å². The molecule has 0 radical (unpaired) electrons. The van der Waals surface area contributed by atoms with E-state index in [-0.39, 0.29) is 17.0 Å². The summed E-state index contributed by atoms with van der Waals surface area (Å²) >= 11 is 0. The summed E-state index contributed by atoms with van der Waals surface area (Å²) in [6.45, 7) is 1.03. The van der Waals surface area contributed by atoms with Crippen molar-refractivity contribution in [3.05, 3.63) is 83.4 Å². The van der Waals surface area contributed by atoms with E-state index >= 15 is 4.39 Å². The first-order chi connectivity index (χ1) is 20.8. The molecule has 3 aromatic carbocycles. The molecule has 228 valence electrons. The van der Waals surface area contributed by atoms with Crippen LogP contribution in [0.25, 0.3) is 44.1 Å². The minimum atomic E-state index is -5.08. The maximum Gasteiger partial charge on any atom is 0.490 e. The summed E-state index contributed by atoms with van der Waals surface area (Å²) in [5, 5.41) is 25.5. The number of carbonyl (C=O) groups is 2. The van der Waals surface area contributed by atoms with Crippen molar-refractivity contribution >= 4 is 33.6 Å². The predicted molar refractivity (Wildman–Crippen MR) is 146 cm³/mol. The predicted octanol–water partition coefficient (Wildman–Crippen LogP) is 7.09. The van der Waals surface area contributed by atoms with Gasteiger partial charge in [0.2, 0.25) is 0 Å². The van der Waals surface area contributed by atoms with E-state index in [0.29, 0.717) is 64.9 Å². The van der Waals surface area contributed by atoms with Crippen LogP contribution in [0.15, 0.2) is 54.7 Å². The molecule has 0 amide bonds. The van der Waals surface area contributed by atoms with Gasteiger partial charge in [-0.15, -0.1) is 0 Å². The number of carboxylic acids is 2. The lowest BCUT2D eigenvalue weighted by atomic mass is 9.85. The smallest absolute Gasteiger partial charge is 0.478 e. The lowest BCUT2D eigenvalue weighted by Crippen LogP contribution is -2.21. The molecule has 6 rings (SSSR count). The maximum atomic E-state index is 15.3. The molecule has 0 spiro atoms. The highest BCUT2D eigenvalue weighted by Crippen LogP contribution is 2.43. The third-order valence-corrected chi connectivity index (χ3v) is 7.12. The van der Waals surface area contributed by atoms with Gasteiger partial charge in [0.25, 0.3) is 0 Å². The summed E-state index contributed by atoms with van der Waals surface area (Å²) < 4.78 is 80.9. The third-order valence-electron chi connectivity index (χ3n) is 7.12. The number of aromatic carboxylic acids is 1. The number of ether oxygens (including phenoxy) is 1. The van der Waals surface area contributed by atoms with Crippen LogP contribution in [0.1, 0.15) is 34.8 Å². The molecular weight excluding hydrogens is 596 g/mol. The minimum absolute atomic E-state index is 0.0681. The highest BCUT2D eigenvalue weighted by molar-refractivity contribution is 6.10. The van der Waals surface area contributed by atoms with Crippen molar-refractivity contribution < 1.29 is 50.9 Å². The number of alkyl halides is 3. The van der Waals surface area contributed by atoms with Gasteiger partial charge < -0.3 is 14.9 Å². The second-order valence-corrected chi connectivity index (χ2v) is 9.89. The van der Waals surface area contributed by atoms with Gasteiger partial charge in [-0.1, -0.05) is 6.07 Å². The van der Waals surface area contributed by atoms with E-state index in [4.69, 9.17) is 19.6 Å². The zero-order valence-electron chi connectivity index (χ0n) is 22.4. The minimum Gasteiger partial charge on any atom is -0.478 e. The van der Waals surface area contributed by atoms with Crippen LogP contribution < -0.4 is 0 Å². The molecule has 14 heteroatoms. The van der Waals surface area contributed by atoms with Crippen molar-refractivity contribution in [1.82, 2.24) is 15.2 Å². The number of nitrogens with zero attached hydrogens (tertiary/aromatic N) is 2. The number of aliphatic carboxylic acids is 1. The van der Waals surface area contributed by atoms with Gasteiger partial charge in [0, 0.05) is 41.0 Å². The molecule has 5 aromatic rings. The number of nitrogens with one attached hydrogen (secondary N) is 1. The van der Waals surface area contributed by atoms with Crippen LogP contribution in [0.5, 0.6) is 0 Å². The van der Waals surface area contributed by atoms with Crippen LogP contribution >= 0.6 is 0 Å². The first-order valence-corrected chi connectivity index (χ1v) is 13.0. The lowest BCUT2D eigenvalue weighted by Gasteiger charge is -2.26. The largest absolute Gasteiger partial charge is 0.490 e. The van der Waals surface area contributed by atoms with E-state index < -0.39 is 35.6 Å². The van der Waals surface area contributed by atoms with Crippen LogP contribution in [0.3, 0.4) is 0 Å². The van der Waals surface area contributed by atoms with E-state index in [2.05, 4.69) is 10.2 Å². The second kappa shape index (κ2) is 12.0. The van der Waals surface area contributed by atoms with Gasteiger partial charge in [-0.2, -0.15) is 18.3 Å². The zero-order valence-corrected chi connectivity index (χ0v) is 22.4. The van der Waals surface area contributed by atoms with E-state index in [1.807, 2.05) is 6.07 Å². The van der Waals surface area contributed by atoms with Crippen LogP contribution in [0, 0.1) is 17.5 Å². The Bertz CT molecular complexity index is 1900. The number of rotatable bonds is 4. The first-order valence-electron chi connectivity index (χ1n) is 13.0. The summed E-state index contributed by atoms with van der Waals surface area (Å²) in [4.78, 5) is 25.2. The Morgan fingerprint density at radius 1 is 0.886 bits per heavy atom. The molecule has 0 aliphatic carbocycles. The molecule has 1 aliphatic rings. The fraction of sp³-hybridized carbons (Fsp3) is 0.200. The van der Waals surface area contributed by atoms with Crippen molar-refractivity contribution in [2.45, 2.75) is 24.9 Å². The Morgan fingerprint density at radius 2 is 1.59 bits per heavy atom. The van der Waals surface area contributed by atoms with Crippen LogP contribution in [0.4, 0.5) is 26.3 Å². The molecule has 3 N–H and O–H groups in total. The fourth-order valence-electron chi connectivity index (χ4n) is 5.04. The summed E-state index contributed by atoms with van der Waals surface area (Å²) in [7, 11) is 0. The molecule has 8 nitrogen and oxygen atoms in total. The number of benzene rings is 3. The normalized spacial score (nSPS) is 14.0. The Morgan fingerprint density at radius 3 is 2.20 bits per heavy atom. The van der Waals surface area contributed by atoms with Crippen molar-refractivity contribution in [3.63, 3.8) is 0 Å². The lowest BCUT2D eigenvalue weighted by molar-refractivity contribution is -0.192. The molecular formula is C30H21F6N3O5. The molecule has 0 saturated carbocycles. The summed E-state index contributed by atoms with van der Waals surface area (Å²) in [5.41, 5.74) is 2.69. The number of aromatic amines is 1. The average molecular weight is 618 g/mol. The van der Waals surface area contributed by atoms with E-state index in [1.165, 1.54) is 18.2 Å². The van der Waals surface area contributed by atoms with Gasteiger partial charge in [0.05, 0.1) is 28.7 Å². The highest BCUT2D eigenvalue weighted by atomic mass is 19.4. The molecule has 2 aromatic heterocycles. The van der Waals surface area contributed by atoms with E-state index in [1.54, 1.807) is 12.3 Å². The molecule has 1 fully saturated rings. The molecule has 1 aliphatic heterocycles. The van der Waals surface area contributed by atoms with Crippen LogP contribution in [-0.2, 0) is 9.53 Å². The van der Waals surface area contributed by atoms with Gasteiger partial charge >= 0.3 is 18.1 Å². The van der Waals surface area contributed by atoms with Gasteiger partial charge in [-0.05, 0) is 66.3 Å². The number of aromatic nitrogens is 3. The number of hydrogen-bond donors (Lipinski definition) is 3. The Balaban J connectivity index is 0.000000493. The number of hydrogen-bond acceptors (Lipinski definition) is 5. The third kappa shape index (κ3) is 6.06. The summed E-state index contributed by atoms with van der Waals surface area (Å²) in [5.74, 6) is -6.72. The molecule has 0 unspecified atom stereocenters. The fourth-order valence-corrected chi connectivity index (χ4v) is 5.04. The first kappa shape index (κ1) is 30.5. The maximum absolute atomic E-state index is 15.3. The summed E-state index contributed by atoms with van der Waals surface area (Å²) in [6.07, 6.45) is -2.12. The van der Waals surface area contributed by atoms with Crippen molar-refractivity contribution in [2.24, 2.45) is 0 Å². The SMILES string of the molecule is O=C(O)C(F)(F)F.O=C(O)c1ccc(-c2nc(C3CCOCC3)c(-c3ccc(F)c(F)c3)c3cc4cn[nH]c4cc23)c(F)c1. The number of H-pyrrole nitrogens is 1. The number of halogens is 6. The molecule has 1 saturated heterocycles. The average Bonchev–Trinajstić information content (AvgIpc) is 3.45. The Kier molecular flexibility index (Phi) is 8.28. The summed E-state index contributed by atoms with van der Waals surface area (Å²) in [6, 6.07) is 11.1. The van der Waals surface area contributed by atoms with Crippen molar-refractivity contribution in [3.8, 4) is 22.4 Å². The molecule has 3 heterocycles. The van der Waals surface area contributed by atoms with Crippen molar-refractivity contribution in [1.29, 1.82) is 0 Å². The highest BCUT2D eigenvalue weighted by Gasteiger charge is 2.38. The molecule has 44 heavy (non-hydrogen) atoms. The zero-order chi connectivity index (χ0) is 31.8. The van der Waals surface area contributed by atoms with Gasteiger partial charge in [-0.25, -0.2) is 22.8 Å². The molecule has 0 atom stereocenters. The van der Waals surface area contributed by atoms with Gasteiger partial charge in [0.1, 0.15) is 5.82 Å². The standard InChI is InChI=1S/C28H20F3N3O3.C2HF3O2/c29-21-4-2-15(10-23(21)31)25-19-9-17-13-32-34-24(17)12-20(19)27(33-26(25)14-5-7-37-8-6-14)18-3-1-16(28(35)36)11-22(18)30;3-2(4,5)1(6)7/h1-4,9-14H,5-8H2,(H,32,34)(H,35,36);(H,6,7). The Hall–Kier alpha value is -4.98. The monoisotopic (exact) mass is 617 g/mol. The van der Waals surface area contributed by atoms with Gasteiger partial charge in [-0.3, -0.25) is 10.1 Å². The van der Waals surface area contributed by atoms with E-state index in [9.17, 15) is 31.9 Å². The second-order valence-electron chi connectivity index (χ2n) is 9.89. The van der Waals surface area contributed by atoms with Crippen molar-refractivity contribution in [2.75, 3.05) is 13.2 Å². The Labute approximate surface area is 243 Å². The van der Waals surface area contributed by atoms with Crippen LogP contribution in [0.2, 0.25) is 0 Å². The molecule has 0 bridgehead atoms. The van der Waals surface area contributed by atoms with Crippen LogP contribution in [-0.4, -0.2) is 56.7 Å². The quantitative estimate of drug-likeness (QED) is 0.184.